The molecule has 274 valence electrons. The van der Waals surface area contributed by atoms with Crippen LogP contribution in [-0.4, -0.2) is 84.1 Å². The number of piperidine rings is 2. The number of hydrogen-bond donors (Lipinski definition) is 2. The molecule has 2 saturated heterocycles. The molecule has 2 N–H and O–H groups in total. The molecule has 0 saturated carbocycles. The number of anilines is 1. The number of methoxy groups -OCH3 is 2. The van der Waals surface area contributed by atoms with Gasteiger partial charge in [-0.1, -0.05) is 11.6 Å². The fourth-order valence-corrected chi connectivity index (χ4v) is 9.23. The predicted molar refractivity (Wildman–Crippen MR) is 186 cm³/mol. The lowest BCUT2D eigenvalue weighted by molar-refractivity contribution is -1.08. The van der Waals surface area contributed by atoms with Crippen LogP contribution in [0.25, 0.3) is 0 Å². The van der Waals surface area contributed by atoms with E-state index in [1.165, 1.54) is 50.7 Å². The van der Waals surface area contributed by atoms with Crippen LogP contribution in [-0.2, 0) is 25.2 Å². The lowest BCUT2D eigenvalue weighted by Crippen LogP contribution is -2.59. The molecule has 16 heteroatoms. The SMILES string of the molecule is CCOc1ncccc1C1(NC(=O)O[N+]2(C)CCC(C3CCNCC3)CC2)C(=O)N(S(=O)(=O)c2ccc(OC)cc2OC)c2cc(F)c(Cl)cc21. The molecule has 2 amide bonds. The summed E-state index contributed by atoms with van der Waals surface area (Å²) in [7, 11) is -0.405. The minimum absolute atomic E-state index is 0.00982. The minimum atomic E-state index is -4.86. The summed E-state index contributed by atoms with van der Waals surface area (Å²) in [6.07, 6.45) is 4.33. The highest BCUT2D eigenvalue weighted by Crippen LogP contribution is 2.51. The lowest BCUT2D eigenvalue weighted by Gasteiger charge is -2.40. The molecule has 3 aliphatic rings. The Kier molecular flexibility index (Phi) is 10.4. The standard InChI is InChI=1S/C35H41ClFN5O8S/c1-5-49-32-25(7-6-14-39-32)35(40-34(44)50-42(2)17-12-23(13-18-42)22-10-15-38-16-11-22)26-20-27(36)28(37)21-29(26)41(33(35)43)51(45,46)31-9-8-24(47-3)19-30(31)48-4/h6-9,14,19-23,38H,5,10-13,15-18H2,1-4H3/p+1. The summed E-state index contributed by atoms with van der Waals surface area (Å²) in [5.41, 5.74) is -2.87. The molecule has 6 rings (SSSR count). The molecule has 1 atom stereocenters. The number of quaternary nitrogens is 1. The third-order valence-electron chi connectivity index (χ3n) is 10.1. The third-order valence-corrected chi connectivity index (χ3v) is 12.1. The van der Waals surface area contributed by atoms with Crippen molar-refractivity contribution in [3.05, 3.63) is 70.6 Å². The Morgan fingerprint density at radius 2 is 1.78 bits per heavy atom. The van der Waals surface area contributed by atoms with Gasteiger partial charge in [-0.05, 0) is 75.0 Å². The molecule has 4 heterocycles. The van der Waals surface area contributed by atoms with Crippen molar-refractivity contribution in [1.82, 2.24) is 15.6 Å². The van der Waals surface area contributed by atoms with Gasteiger partial charge in [-0.3, -0.25) is 14.9 Å². The van der Waals surface area contributed by atoms with Crippen LogP contribution in [0.4, 0.5) is 14.9 Å². The Morgan fingerprint density at radius 3 is 2.45 bits per heavy atom. The maximum absolute atomic E-state index is 15.3. The van der Waals surface area contributed by atoms with Gasteiger partial charge < -0.3 is 19.5 Å². The van der Waals surface area contributed by atoms with Gasteiger partial charge in [-0.25, -0.2) is 22.6 Å². The van der Waals surface area contributed by atoms with Gasteiger partial charge in [0.25, 0.3) is 15.9 Å². The van der Waals surface area contributed by atoms with Crippen LogP contribution in [0.5, 0.6) is 17.4 Å². The van der Waals surface area contributed by atoms with Crippen molar-refractivity contribution in [3.8, 4) is 17.4 Å². The number of likely N-dealkylation sites (tertiary alicyclic amines) is 1. The lowest BCUT2D eigenvalue weighted by atomic mass is 9.79. The molecule has 0 spiro atoms. The number of pyridine rings is 1. The number of carbonyl (C=O) groups is 2. The van der Waals surface area contributed by atoms with Crippen molar-refractivity contribution in [2.45, 2.75) is 43.0 Å². The number of ether oxygens (including phenoxy) is 3. The number of fused-ring (bicyclic) bond motifs is 1. The summed E-state index contributed by atoms with van der Waals surface area (Å²) < 4.78 is 61.2. The van der Waals surface area contributed by atoms with Crippen LogP contribution in [0.15, 0.2) is 53.6 Å². The normalized spacial score (nSPS) is 23.8. The van der Waals surface area contributed by atoms with Gasteiger partial charge in [0.05, 0.1) is 37.1 Å². The first-order valence-corrected chi connectivity index (χ1v) is 18.7. The highest BCUT2D eigenvalue weighted by molar-refractivity contribution is 7.93. The highest BCUT2D eigenvalue weighted by atomic mass is 35.5. The van der Waals surface area contributed by atoms with Gasteiger partial charge in [-0.15, -0.1) is 4.65 Å². The first kappa shape index (κ1) is 36.6. The molecule has 1 aromatic heterocycles. The number of rotatable bonds is 10. The number of halogens is 2. The van der Waals surface area contributed by atoms with E-state index in [-0.39, 0.29) is 39.7 Å². The van der Waals surface area contributed by atoms with Gasteiger partial charge in [0.15, 0.2) is 5.54 Å². The topological polar surface area (TPSA) is 145 Å². The quantitative estimate of drug-likeness (QED) is 0.279. The second-order valence-electron chi connectivity index (χ2n) is 13.1. The molecule has 1 unspecified atom stereocenters. The number of aromatic nitrogens is 1. The minimum Gasteiger partial charge on any atom is -0.497 e. The van der Waals surface area contributed by atoms with Gasteiger partial charge in [0.2, 0.25) is 5.88 Å². The van der Waals surface area contributed by atoms with Crippen LogP contribution in [0.3, 0.4) is 0 Å². The summed E-state index contributed by atoms with van der Waals surface area (Å²) in [5.74, 6) is -0.952. The Hall–Kier alpha value is -4.18. The van der Waals surface area contributed by atoms with E-state index in [2.05, 4.69) is 15.6 Å². The number of nitrogens with zero attached hydrogens (tertiary/aromatic N) is 3. The number of hydrogen-bond acceptors (Lipinski definition) is 10. The van der Waals surface area contributed by atoms with E-state index in [1.807, 2.05) is 0 Å². The smallest absolute Gasteiger partial charge is 0.463 e. The van der Waals surface area contributed by atoms with E-state index in [0.717, 1.165) is 50.9 Å². The molecule has 3 aromatic rings. The summed E-state index contributed by atoms with van der Waals surface area (Å²) in [6.45, 7) is 4.90. The molecule has 0 radical (unpaired) electrons. The zero-order valence-corrected chi connectivity index (χ0v) is 30.5. The fraction of sp³-hybridized carbons (Fsp3) is 0.457. The Labute approximate surface area is 301 Å². The molecular formula is C35H42ClFN5O8S+. The second kappa shape index (κ2) is 14.4. The number of nitrogens with one attached hydrogen (secondary N) is 2. The molecule has 2 aromatic carbocycles. The fourth-order valence-electron chi connectivity index (χ4n) is 7.47. The zero-order chi connectivity index (χ0) is 36.6. The Morgan fingerprint density at radius 1 is 1.08 bits per heavy atom. The third kappa shape index (κ3) is 6.67. The van der Waals surface area contributed by atoms with E-state index >= 15 is 9.18 Å². The van der Waals surface area contributed by atoms with E-state index in [9.17, 15) is 13.2 Å². The van der Waals surface area contributed by atoms with E-state index in [4.69, 9.17) is 30.6 Å². The number of amides is 2. The van der Waals surface area contributed by atoms with Crippen molar-refractivity contribution >= 4 is 39.3 Å². The Bertz CT molecular complexity index is 1920. The first-order valence-electron chi connectivity index (χ1n) is 16.8. The molecular weight excluding hydrogens is 705 g/mol. The number of carbonyl (C=O) groups excluding carboxylic acids is 2. The Balaban J connectivity index is 1.44. The average molecular weight is 747 g/mol. The summed E-state index contributed by atoms with van der Waals surface area (Å²) in [5, 5.41) is 5.71. The van der Waals surface area contributed by atoms with E-state index in [0.29, 0.717) is 35.0 Å². The average Bonchev–Trinajstić information content (AvgIpc) is 3.35. The maximum Gasteiger partial charge on any atom is 0.463 e. The highest BCUT2D eigenvalue weighted by Gasteiger charge is 2.60. The predicted octanol–water partition coefficient (Wildman–Crippen LogP) is 4.77. The molecule has 2 fully saturated rings. The molecule has 0 aliphatic carbocycles. The van der Waals surface area contributed by atoms with Crippen LogP contribution in [0, 0.1) is 17.7 Å². The van der Waals surface area contributed by atoms with Gasteiger partial charge >= 0.3 is 6.09 Å². The van der Waals surface area contributed by atoms with Crippen LogP contribution in [0.2, 0.25) is 5.02 Å². The van der Waals surface area contributed by atoms with Crippen molar-refractivity contribution in [2.24, 2.45) is 11.8 Å². The van der Waals surface area contributed by atoms with E-state index in [1.54, 1.807) is 14.0 Å². The van der Waals surface area contributed by atoms with Crippen LogP contribution < -0.4 is 29.1 Å². The van der Waals surface area contributed by atoms with Crippen LogP contribution >= 0.6 is 11.6 Å². The summed E-state index contributed by atoms with van der Waals surface area (Å²) >= 11 is 6.32. The molecule has 51 heavy (non-hydrogen) atoms. The van der Waals surface area contributed by atoms with Gasteiger partial charge in [0.1, 0.15) is 42.3 Å². The number of hydroxylamine groups is 3. The summed E-state index contributed by atoms with van der Waals surface area (Å²) in [6, 6.07) is 8.88. The van der Waals surface area contributed by atoms with Crippen molar-refractivity contribution in [2.75, 3.05) is 58.4 Å². The zero-order valence-electron chi connectivity index (χ0n) is 28.9. The maximum atomic E-state index is 15.3. The largest absolute Gasteiger partial charge is 0.497 e. The van der Waals surface area contributed by atoms with Crippen LogP contribution in [0.1, 0.15) is 43.7 Å². The summed E-state index contributed by atoms with van der Waals surface area (Å²) in [4.78, 5) is 39.2. The second-order valence-corrected chi connectivity index (χ2v) is 15.2. The number of sulfonamides is 1. The first-order chi connectivity index (χ1) is 24.4. The van der Waals surface area contributed by atoms with Gasteiger partial charge in [-0.2, -0.15) is 4.31 Å². The molecule has 0 bridgehead atoms. The monoisotopic (exact) mass is 746 g/mol. The van der Waals surface area contributed by atoms with Gasteiger partial charge in [0, 0.05) is 36.7 Å². The molecule has 3 aliphatic heterocycles. The molecule has 13 nitrogen and oxygen atoms in total. The number of benzene rings is 2. The van der Waals surface area contributed by atoms with E-state index < -0.39 is 43.3 Å². The van der Waals surface area contributed by atoms with Crippen molar-refractivity contribution in [1.29, 1.82) is 0 Å². The van der Waals surface area contributed by atoms with Crippen molar-refractivity contribution < 1.29 is 46.1 Å². The van der Waals surface area contributed by atoms with Crippen molar-refractivity contribution in [3.63, 3.8) is 0 Å².